The summed E-state index contributed by atoms with van der Waals surface area (Å²) in [6.45, 7) is 1.96. The van der Waals surface area contributed by atoms with Gasteiger partial charge in [0.2, 0.25) is 0 Å². The molecule has 0 amide bonds. The molecule has 0 fully saturated rings. The Labute approximate surface area is 127 Å². The number of pyridine rings is 1. The fourth-order valence-electron chi connectivity index (χ4n) is 1.65. The normalized spacial score (nSPS) is 10.3. The minimum atomic E-state index is -1.02. The molecule has 0 aliphatic rings. The number of hydrogen-bond donors (Lipinski definition) is 2. The Morgan fingerprint density at radius 1 is 1.21 bits per heavy atom. The number of nitrogens with one attached hydrogen (secondary N) is 1. The van der Waals surface area contributed by atoms with Gasteiger partial charge in [0, 0.05) is 20.8 Å². The van der Waals surface area contributed by atoms with Crippen LogP contribution in [-0.2, 0) is 0 Å². The largest absolute Gasteiger partial charge is 0.478 e. The van der Waals surface area contributed by atoms with E-state index in [1.165, 1.54) is 6.07 Å². The van der Waals surface area contributed by atoms with Crippen molar-refractivity contribution in [2.45, 2.75) is 6.92 Å². The Hall–Kier alpha value is -1.40. The van der Waals surface area contributed by atoms with E-state index in [1.807, 2.05) is 25.1 Å². The van der Waals surface area contributed by atoms with Gasteiger partial charge < -0.3 is 10.4 Å². The monoisotopic (exact) mass is 384 g/mol. The molecule has 0 atom stereocenters. The van der Waals surface area contributed by atoms with Gasteiger partial charge in [-0.15, -0.1) is 0 Å². The van der Waals surface area contributed by atoms with Crippen molar-refractivity contribution in [3.63, 3.8) is 0 Å². The Morgan fingerprint density at radius 3 is 2.58 bits per heavy atom. The highest BCUT2D eigenvalue weighted by molar-refractivity contribution is 9.10. The van der Waals surface area contributed by atoms with E-state index in [-0.39, 0.29) is 5.56 Å². The van der Waals surface area contributed by atoms with E-state index >= 15 is 0 Å². The fourth-order valence-corrected chi connectivity index (χ4v) is 2.59. The van der Waals surface area contributed by atoms with Crippen LogP contribution in [0.25, 0.3) is 0 Å². The Kier molecular flexibility index (Phi) is 4.21. The summed E-state index contributed by atoms with van der Waals surface area (Å²) in [6, 6.07) is 7.27. The molecule has 2 N–H and O–H groups in total. The molecule has 1 aromatic heterocycles. The number of rotatable bonds is 3. The van der Waals surface area contributed by atoms with Gasteiger partial charge in [-0.25, -0.2) is 9.78 Å². The number of aryl methyl sites for hydroxylation is 1. The number of hydrogen-bond acceptors (Lipinski definition) is 3. The lowest BCUT2D eigenvalue weighted by atomic mass is 10.2. The van der Waals surface area contributed by atoms with E-state index in [1.54, 1.807) is 6.20 Å². The van der Waals surface area contributed by atoms with Crippen LogP contribution in [0.1, 0.15) is 15.9 Å². The fraction of sp³-hybridized carbons (Fsp3) is 0.0769. The summed E-state index contributed by atoms with van der Waals surface area (Å²) in [5, 5.41) is 12.2. The predicted octanol–water partition coefficient (Wildman–Crippen LogP) is 4.36. The molecule has 0 aliphatic carbocycles. The number of anilines is 2. The predicted molar refractivity (Wildman–Crippen MR) is 81.1 cm³/mol. The molecule has 1 aromatic carbocycles. The number of carboxylic acids is 1. The standard InChI is InChI=1S/C13H10Br2N2O2/c1-7-2-8(14)4-10(3-7)17-12-11(13(18)19)5-9(15)6-16-12/h2-6H,1H3,(H,16,17)(H,18,19). The summed E-state index contributed by atoms with van der Waals surface area (Å²) in [5.41, 5.74) is 1.96. The van der Waals surface area contributed by atoms with Gasteiger partial charge in [-0.05, 0) is 52.7 Å². The number of halogens is 2. The van der Waals surface area contributed by atoms with Crippen LogP contribution in [0.15, 0.2) is 39.4 Å². The van der Waals surface area contributed by atoms with Gasteiger partial charge in [0.1, 0.15) is 11.4 Å². The first kappa shape index (κ1) is 14.0. The third-order valence-electron chi connectivity index (χ3n) is 2.39. The van der Waals surface area contributed by atoms with E-state index in [9.17, 15) is 4.79 Å². The summed E-state index contributed by atoms with van der Waals surface area (Å²) in [4.78, 5) is 15.3. The lowest BCUT2D eigenvalue weighted by Gasteiger charge is -2.10. The maximum Gasteiger partial charge on any atom is 0.339 e. The topological polar surface area (TPSA) is 62.2 Å². The molecule has 4 nitrogen and oxygen atoms in total. The van der Waals surface area contributed by atoms with Gasteiger partial charge in [-0.3, -0.25) is 0 Å². The molecule has 0 spiro atoms. The molecule has 0 bridgehead atoms. The number of aromatic nitrogens is 1. The number of nitrogens with zero attached hydrogens (tertiary/aromatic N) is 1. The van der Waals surface area contributed by atoms with Crippen LogP contribution in [0.2, 0.25) is 0 Å². The van der Waals surface area contributed by atoms with E-state index in [4.69, 9.17) is 5.11 Å². The maximum absolute atomic E-state index is 11.2. The van der Waals surface area contributed by atoms with Gasteiger partial charge in [0.15, 0.2) is 0 Å². The van der Waals surface area contributed by atoms with E-state index in [0.717, 1.165) is 15.7 Å². The first-order valence-electron chi connectivity index (χ1n) is 5.39. The first-order chi connectivity index (χ1) is 8.95. The van der Waals surface area contributed by atoms with Crippen molar-refractivity contribution in [1.29, 1.82) is 0 Å². The van der Waals surface area contributed by atoms with Crippen molar-refractivity contribution in [3.8, 4) is 0 Å². The minimum absolute atomic E-state index is 0.118. The highest BCUT2D eigenvalue weighted by atomic mass is 79.9. The van der Waals surface area contributed by atoms with Crippen molar-refractivity contribution in [3.05, 3.63) is 50.5 Å². The molecule has 2 rings (SSSR count). The Bertz CT molecular complexity index is 624. The van der Waals surface area contributed by atoms with Crippen LogP contribution in [-0.4, -0.2) is 16.1 Å². The average Bonchev–Trinajstić information content (AvgIpc) is 2.30. The van der Waals surface area contributed by atoms with Crippen LogP contribution < -0.4 is 5.32 Å². The van der Waals surface area contributed by atoms with E-state index in [2.05, 4.69) is 42.2 Å². The van der Waals surface area contributed by atoms with Crippen LogP contribution >= 0.6 is 31.9 Å². The van der Waals surface area contributed by atoms with Gasteiger partial charge in [-0.2, -0.15) is 0 Å². The van der Waals surface area contributed by atoms with Gasteiger partial charge in [0.25, 0.3) is 0 Å². The molecule has 0 unspecified atom stereocenters. The second-order valence-electron chi connectivity index (χ2n) is 4.00. The van der Waals surface area contributed by atoms with E-state index in [0.29, 0.717) is 10.3 Å². The molecule has 0 radical (unpaired) electrons. The lowest BCUT2D eigenvalue weighted by molar-refractivity contribution is 0.0697. The highest BCUT2D eigenvalue weighted by Gasteiger charge is 2.12. The molecule has 0 aliphatic heterocycles. The van der Waals surface area contributed by atoms with Crippen LogP contribution in [0.5, 0.6) is 0 Å². The van der Waals surface area contributed by atoms with Crippen molar-refractivity contribution >= 4 is 49.3 Å². The molecular weight excluding hydrogens is 376 g/mol. The molecule has 2 aromatic rings. The second kappa shape index (κ2) is 5.71. The highest BCUT2D eigenvalue weighted by Crippen LogP contribution is 2.25. The summed E-state index contributed by atoms with van der Waals surface area (Å²) < 4.78 is 1.55. The SMILES string of the molecule is Cc1cc(Br)cc(Nc2ncc(Br)cc2C(=O)O)c1. The molecule has 98 valence electrons. The molecule has 0 saturated heterocycles. The summed E-state index contributed by atoms with van der Waals surface area (Å²) in [6.07, 6.45) is 1.56. The van der Waals surface area contributed by atoms with Gasteiger partial charge in [-0.1, -0.05) is 15.9 Å². The zero-order valence-electron chi connectivity index (χ0n) is 9.95. The summed E-state index contributed by atoms with van der Waals surface area (Å²) >= 11 is 6.61. The first-order valence-corrected chi connectivity index (χ1v) is 6.97. The van der Waals surface area contributed by atoms with Crippen LogP contribution in [0.3, 0.4) is 0 Å². The van der Waals surface area contributed by atoms with Crippen molar-refractivity contribution in [2.75, 3.05) is 5.32 Å². The molecule has 0 saturated carbocycles. The van der Waals surface area contributed by atoms with Crippen LogP contribution in [0, 0.1) is 6.92 Å². The van der Waals surface area contributed by atoms with Crippen molar-refractivity contribution < 1.29 is 9.90 Å². The number of carbonyl (C=O) groups is 1. The third-order valence-corrected chi connectivity index (χ3v) is 3.28. The minimum Gasteiger partial charge on any atom is -0.478 e. The zero-order valence-corrected chi connectivity index (χ0v) is 13.1. The van der Waals surface area contributed by atoms with Gasteiger partial charge in [0.05, 0.1) is 0 Å². The van der Waals surface area contributed by atoms with Crippen LogP contribution in [0.4, 0.5) is 11.5 Å². The smallest absolute Gasteiger partial charge is 0.339 e. The number of benzene rings is 1. The quantitative estimate of drug-likeness (QED) is 0.824. The van der Waals surface area contributed by atoms with E-state index < -0.39 is 5.97 Å². The number of aromatic carboxylic acids is 1. The maximum atomic E-state index is 11.2. The Morgan fingerprint density at radius 2 is 1.95 bits per heavy atom. The molecular formula is C13H10Br2N2O2. The van der Waals surface area contributed by atoms with Crippen molar-refractivity contribution in [2.24, 2.45) is 0 Å². The molecule has 1 heterocycles. The molecule has 19 heavy (non-hydrogen) atoms. The average molecular weight is 386 g/mol. The second-order valence-corrected chi connectivity index (χ2v) is 5.83. The summed E-state index contributed by atoms with van der Waals surface area (Å²) in [5.74, 6) is -0.712. The third kappa shape index (κ3) is 3.54. The Balaban J connectivity index is 2.40. The van der Waals surface area contributed by atoms with Gasteiger partial charge >= 0.3 is 5.97 Å². The summed E-state index contributed by atoms with van der Waals surface area (Å²) in [7, 11) is 0. The zero-order chi connectivity index (χ0) is 14.0. The lowest BCUT2D eigenvalue weighted by Crippen LogP contribution is -2.05. The molecule has 6 heteroatoms. The number of carboxylic acid groups (broad SMARTS) is 1. The van der Waals surface area contributed by atoms with Crippen molar-refractivity contribution in [1.82, 2.24) is 4.98 Å².